The van der Waals surface area contributed by atoms with E-state index in [1.807, 2.05) is 49.6 Å². The van der Waals surface area contributed by atoms with Gasteiger partial charge in [0.25, 0.3) is 0 Å². The van der Waals surface area contributed by atoms with E-state index in [0.29, 0.717) is 5.75 Å². The molecule has 0 aliphatic carbocycles. The van der Waals surface area contributed by atoms with Crippen molar-refractivity contribution in [3.8, 4) is 0 Å². The van der Waals surface area contributed by atoms with E-state index >= 15 is 0 Å². The Labute approximate surface area is 161 Å². The molecule has 0 aliphatic rings. The second-order valence-corrected chi connectivity index (χ2v) is 7.73. The van der Waals surface area contributed by atoms with Gasteiger partial charge in [-0.1, -0.05) is 35.9 Å². The number of aromatic nitrogens is 1. The third-order valence-electron chi connectivity index (χ3n) is 3.65. The minimum absolute atomic E-state index is 0.194. The number of carbonyl (C=O) groups is 1. The fourth-order valence-electron chi connectivity index (χ4n) is 2.27. The summed E-state index contributed by atoms with van der Waals surface area (Å²) in [5.74, 6) is 0.0604. The third kappa shape index (κ3) is 5.34. The second-order valence-electron chi connectivity index (χ2n) is 5.85. The Morgan fingerprint density at radius 2 is 2.00 bits per heavy atom. The van der Waals surface area contributed by atoms with Crippen molar-refractivity contribution in [3.05, 3.63) is 70.7 Å². The molecular formula is C20H20N2O2S2. The first-order valence-corrected chi connectivity index (χ1v) is 10.1. The van der Waals surface area contributed by atoms with E-state index in [1.54, 1.807) is 0 Å². The quantitative estimate of drug-likeness (QED) is 0.440. The van der Waals surface area contributed by atoms with Crippen LogP contribution >= 0.6 is 23.1 Å². The highest BCUT2D eigenvalue weighted by Crippen LogP contribution is 2.24. The van der Waals surface area contributed by atoms with Gasteiger partial charge < -0.3 is 10.1 Å². The highest BCUT2D eigenvalue weighted by Gasteiger charge is 2.09. The van der Waals surface area contributed by atoms with Crippen LogP contribution in [-0.2, 0) is 16.1 Å². The normalized spacial score (nSPS) is 10.5. The molecule has 0 fully saturated rings. The first kappa shape index (κ1) is 18.5. The monoisotopic (exact) mass is 384 g/mol. The number of carbonyl (C=O) groups excluding carboxylic acids is 1. The molecule has 0 saturated heterocycles. The summed E-state index contributed by atoms with van der Waals surface area (Å²) in [4.78, 5) is 17.6. The van der Waals surface area contributed by atoms with Gasteiger partial charge in [-0.3, -0.25) is 4.79 Å². The van der Waals surface area contributed by atoms with Crippen LogP contribution in [0.15, 0.2) is 58.8 Å². The molecule has 26 heavy (non-hydrogen) atoms. The summed E-state index contributed by atoms with van der Waals surface area (Å²) in [5.41, 5.74) is 4.09. The van der Waals surface area contributed by atoms with Gasteiger partial charge in [0.15, 0.2) is 5.13 Å². The maximum Gasteiger partial charge on any atom is 0.316 e. The van der Waals surface area contributed by atoms with Crippen LogP contribution in [0.4, 0.5) is 10.8 Å². The summed E-state index contributed by atoms with van der Waals surface area (Å²) in [6.07, 6.45) is 0. The lowest BCUT2D eigenvalue weighted by molar-refractivity contribution is -0.141. The van der Waals surface area contributed by atoms with Crippen LogP contribution < -0.4 is 5.32 Å². The van der Waals surface area contributed by atoms with Crippen LogP contribution in [0.2, 0.25) is 0 Å². The molecule has 3 rings (SSSR count). The van der Waals surface area contributed by atoms with E-state index in [1.165, 1.54) is 34.2 Å². The Balaban J connectivity index is 1.47. The van der Waals surface area contributed by atoms with Crippen LogP contribution in [0.25, 0.3) is 0 Å². The van der Waals surface area contributed by atoms with Crippen LogP contribution in [0.1, 0.15) is 16.8 Å². The van der Waals surface area contributed by atoms with Gasteiger partial charge in [0.1, 0.15) is 6.61 Å². The van der Waals surface area contributed by atoms with Crippen molar-refractivity contribution in [3.63, 3.8) is 0 Å². The van der Waals surface area contributed by atoms with Gasteiger partial charge in [-0.15, -0.1) is 23.1 Å². The zero-order valence-electron chi connectivity index (χ0n) is 14.7. The number of aryl methyl sites for hydroxylation is 2. The molecule has 1 aromatic heterocycles. The van der Waals surface area contributed by atoms with Crippen molar-refractivity contribution in [2.45, 2.75) is 25.3 Å². The van der Waals surface area contributed by atoms with Gasteiger partial charge in [-0.25, -0.2) is 4.98 Å². The highest BCUT2D eigenvalue weighted by atomic mass is 32.2. The second kappa shape index (κ2) is 8.87. The molecule has 134 valence electrons. The summed E-state index contributed by atoms with van der Waals surface area (Å²) in [7, 11) is 0. The molecule has 0 aliphatic heterocycles. The lowest BCUT2D eigenvalue weighted by atomic mass is 10.2. The zero-order chi connectivity index (χ0) is 18.4. The SMILES string of the molecule is Cc1ccc(C)c(SCC(=O)OCc2csc(Nc3ccccc3)n2)c1. The van der Waals surface area contributed by atoms with Crippen LogP contribution in [0.3, 0.4) is 0 Å². The fourth-order valence-corrected chi connectivity index (χ4v) is 3.91. The van der Waals surface area contributed by atoms with Gasteiger partial charge in [-0.2, -0.15) is 0 Å². The maximum atomic E-state index is 12.0. The maximum absolute atomic E-state index is 12.0. The van der Waals surface area contributed by atoms with E-state index < -0.39 is 0 Å². The Morgan fingerprint density at radius 3 is 2.81 bits per heavy atom. The smallest absolute Gasteiger partial charge is 0.316 e. The van der Waals surface area contributed by atoms with Gasteiger partial charge in [-0.05, 0) is 37.6 Å². The first-order valence-electron chi connectivity index (χ1n) is 8.22. The lowest BCUT2D eigenvalue weighted by Crippen LogP contribution is -2.07. The van der Waals surface area contributed by atoms with Gasteiger partial charge >= 0.3 is 5.97 Å². The molecular weight excluding hydrogens is 364 g/mol. The van der Waals surface area contributed by atoms with E-state index in [0.717, 1.165) is 21.4 Å². The van der Waals surface area contributed by atoms with Crippen LogP contribution in [-0.4, -0.2) is 16.7 Å². The van der Waals surface area contributed by atoms with Crippen molar-refractivity contribution >= 4 is 39.9 Å². The minimum Gasteiger partial charge on any atom is -0.459 e. The van der Waals surface area contributed by atoms with Gasteiger partial charge in [0, 0.05) is 16.0 Å². The molecule has 0 radical (unpaired) electrons. The van der Waals surface area contributed by atoms with Crippen molar-refractivity contribution in [1.82, 2.24) is 4.98 Å². The van der Waals surface area contributed by atoms with E-state index in [-0.39, 0.29) is 12.6 Å². The average molecular weight is 385 g/mol. The Morgan fingerprint density at radius 1 is 1.19 bits per heavy atom. The number of para-hydroxylation sites is 1. The topological polar surface area (TPSA) is 51.2 Å². The number of nitrogens with zero attached hydrogens (tertiary/aromatic N) is 1. The number of anilines is 2. The minimum atomic E-state index is -0.235. The Bertz CT molecular complexity index is 879. The molecule has 0 atom stereocenters. The van der Waals surface area contributed by atoms with E-state index in [2.05, 4.69) is 28.5 Å². The largest absolute Gasteiger partial charge is 0.459 e. The molecule has 1 heterocycles. The van der Waals surface area contributed by atoms with Gasteiger partial charge in [0.05, 0.1) is 11.4 Å². The Kier molecular flexibility index (Phi) is 6.30. The number of hydrogen-bond donors (Lipinski definition) is 1. The Hall–Kier alpha value is -2.31. The number of rotatable bonds is 7. The molecule has 2 aromatic carbocycles. The molecule has 4 nitrogen and oxygen atoms in total. The number of nitrogens with one attached hydrogen (secondary N) is 1. The summed E-state index contributed by atoms with van der Waals surface area (Å²) in [5, 5.41) is 5.92. The number of hydrogen-bond acceptors (Lipinski definition) is 6. The average Bonchev–Trinajstić information content (AvgIpc) is 3.09. The number of benzene rings is 2. The van der Waals surface area contributed by atoms with Crippen LogP contribution in [0, 0.1) is 13.8 Å². The highest BCUT2D eigenvalue weighted by molar-refractivity contribution is 8.00. The summed E-state index contributed by atoms with van der Waals surface area (Å²) >= 11 is 3.00. The van der Waals surface area contributed by atoms with Crippen molar-refractivity contribution in [1.29, 1.82) is 0 Å². The summed E-state index contributed by atoms with van der Waals surface area (Å²) in [6, 6.07) is 16.1. The molecule has 3 aromatic rings. The summed E-state index contributed by atoms with van der Waals surface area (Å²) < 4.78 is 5.34. The third-order valence-corrected chi connectivity index (χ3v) is 5.58. The van der Waals surface area contributed by atoms with E-state index in [4.69, 9.17) is 4.74 Å². The number of ether oxygens (including phenoxy) is 1. The molecule has 0 amide bonds. The fraction of sp³-hybridized carbons (Fsp3) is 0.200. The first-order chi connectivity index (χ1) is 12.6. The number of thioether (sulfide) groups is 1. The predicted octanol–water partition coefficient (Wildman–Crippen LogP) is 5.34. The number of esters is 1. The lowest BCUT2D eigenvalue weighted by Gasteiger charge is -2.07. The molecule has 0 saturated carbocycles. The molecule has 0 unspecified atom stereocenters. The van der Waals surface area contributed by atoms with Crippen molar-refractivity contribution in [2.24, 2.45) is 0 Å². The zero-order valence-corrected chi connectivity index (χ0v) is 16.3. The molecule has 6 heteroatoms. The van der Waals surface area contributed by atoms with Crippen LogP contribution in [0.5, 0.6) is 0 Å². The molecule has 0 bridgehead atoms. The van der Waals surface area contributed by atoms with E-state index in [9.17, 15) is 4.79 Å². The predicted molar refractivity (Wildman–Crippen MR) is 108 cm³/mol. The van der Waals surface area contributed by atoms with Crippen molar-refractivity contribution in [2.75, 3.05) is 11.1 Å². The standard InChI is InChI=1S/C20H20N2O2S2/c1-14-8-9-15(2)18(10-14)25-13-19(23)24-11-17-12-26-20(22-17)21-16-6-4-3-5-7-16/h3-10,12H,11,13H2,1-2H3,(H,21,22). The number of thiazole rings is 1. The van der Waals surface area contributed by atoms with Crippen molar-refractivity contribution < 1.29 is 9.53 Å². The molecule has 1 N–H and O–H groups in total. The molecule has 0 spiro atoms. The summed E-state index contributed by atoms with van der Waals surface area (Å²) in [6.45, 7) is 4.29. The van der Waals surface area contributed by atoms with Gasteiger partial charge in [0.2, 0.25) is 0 Å².